The van der Waals surface area contributed by atoms with E-state index in [0.717, 1.165) is 102 Å². The molecule has 0 heterocycles. The lowest BCUT2D eigenvalue weighted by Gasteiger charge is -2.21. The monoisotopic (exact) mass is 1520 g/mol. The maximum Gasteiger partial charge on any atom is 0.472 e. The molecule has 19 heteroatoms. The second-order valence-corrected chi connectivity index (χ2v) is 34.2. The highest BCUT2D eigenvalue weighted by molar-refractivity contribution is 7.47. The lowest BCUT2D eigenvalue weighted by molar-refractivity contribution is -0.161. The van der Waals surface area contributed by atoms with Crippen molar-refractivity contribution in [3.05, 3.63) is 0 Å². The van der Waals surface area contributed by atoms with Crippen molar-refractivity contribution in [1.82, 2.24) is 0 Å². The van der Waals surface area contributed by atoms with Gasteiger partial charge in [-0.15, -0.1) is 0 Å². The quantitative estimate of drug-likeness (QED) is 0.0222. The van der Waals surface area contributed by atoms with Gasteiger partial charge in [0.05, 0.1) is 26.4 Å². The molecule has 618 valence electrons. The highest BCUT2D eigenvalue weighted by Gasteiger charge is 2.30. The van der Waals surface area contributed by atoms with Gasteiger partial charge in [0.15, 0.2) is 12.2 Å². The Hall–Kier alpha value is -1.94. The zero-order valence-corrected chi connectivity index (χ0v) is 70.1. The first-order valence-electron chi connectivity index (χ1n) is 44.0. The molecule has 0 aromatic carbocycles. The van der Waals surface area contributed by atoms with E-state index >= 15 is 0 Å². The smallest absolute Gasteiger partial charge is 0.462 e. The average molecular weight is 1520 g/mol. The van der Waals surface area contributed by atoms with Crippen LogP contribution in [-0.2, 0) is 65.4 Å². The Morgan fingerprint density at radius 1 is 0.279 bits per heavy atom. The van der Waals surface area contributed by atoms with Gasteiger partial charge in [0.1, 0.15) is 19.3 Å². The van der Waals surface area contributed by atoms with Gasteiger partial charge < -0.3 is 33.8 Å². The van der Waals surface area contributed by atoms with Gasteiger partial charge >= 0.3 is 39.5 Å². The summed E-state index contributed by atoms with van der Waals surface area (Å²) >= 11 is 0. The van der Waals surface area contributed by atoms with Crippen LogP contribution in [0.2, 0.25) is 0 Å². The summed E-state index contributed by atoms with van der Waals surface area (Å²) < 4.78 is 68.8. The molecule has 17 nitrogen and oxygen atoms in total. The fraction of sp³-hybridized carbons (Fsp3) is 0.953. The molecule has 0 fully saturated rings. The van der Waals surface area contributed by atoms with Gasteiger partial charge in [0, 0.05) is 25.7 Å². The average Bonchev–Trinajstić information content (AvgIpc) is 0.917. The number of ether oxygens (including phenoxy) is 4. The van der Waals surface area contributed by atoms with Gasteiger partial charge in [-0.1, -0.05) is 401 Å². The third kappa shape index (κ3) is 76.8. The van der Waals surface area contributed by atoms with Crippen molar-refractivity contribution >= 4 is 39.5 Å². The van der Waals surface area contributed by atoms with Crippen LogP contribution in [0.25, 0.3) is 0 Å². The van der Waals surface area contributed by atoms with Crippen molar-refractivity contribution in [2.75, 3.05) is 39.6 Å². The van der Waals surface area contributed by atoms with Crippen molar-refractivity contribution in [1.29, 1.82) is 0 Å². The number of hydrogen-bond acceptors (Lipinski definition) is 15. The van der Waals surface area contributed by atoms with E-state index in [0.29, 0.717) is 25.7 Å². The van der Waals surface area contributed by atoms with Crippen LogP contribution in [0.15, 0.2) is 0 Å². The fourth-order valence-electron chi connectivity index (χ4n) is 13.2. The SMILES string of the molecule is CCCCCCCCCCCCCCCCCCCCCC(=O)OC[C@H](COP(=O)(O)OC[C@@H](O)COP(=O)(O)OC[C@@H](COC(=O)CCCCCCCCCCC)OC(=O)CCCCCCCCCCCCCC(C)C)OC(=O)CCCCCCCCCCCCCCCCCCCCC(C)CC. The molecule has 0 amide bonds. The van der Waals surface area contributed by atoms with Gasteiger partial charge in [0.25, 0.3) is 0 Å². The Labute approximate surface area is 638 Å². The van der Waals surface area contributed by atoms with E-state index in [1.165, 1.54) is 270 Å². The predicted octanol–water partition coefficient (Wildman–Crippen LogP) is 25.8. The van der Waals surface area contributed by atoms with Gasteiger partial charge in [-0.2, -0.15) is 0 Å². The number of unbranched alkanes of at least 4 members (excludes halogenated alkanes) is 53. The normalized spacial score (nSPS) is 14.1. The van der Waals surface area contributed by atoms with Gasteiger partial charge in [-0.25, -0.2) is 9.13 Å². The molecule has 0 radical (unpaired) electrons. The molecule has 0 bridgehead atoms. The number of aliphatic hydroxyl groups excluding tert-OH is 1. The third-order valence-corrected chi connectivity index (χ3v) is 22.2. The van der Waals surface area contributed by atoms with Crippen molar-refractivity contribution in [2.24, 2.45) is 11.8 Å². The second-order valence-electron chi connectivity index (χ2n) is 31.3. The fourth-order valence-corrected chi connectivity index (χ4v) is 14.8. The summed E-state index contributed by atoms with van der Waals surface area (Å²) in [7, 11) is -9.92. The molecular formula is C85H166O17P2. The molecule has 0 spiro atoms. The van der Waals surface area contributed by atoms with Gasteiger partial charge in [0.2, 0.25) is 0 Å². The van der Waals surface area contributed by atoms with E-state index in [4.69, 9.17) is 37.0 Å². The Bertz CT molecular complexity index is 2000. The Kier molecular flexibility index (Phi) is 75.0. The third-order valence-electron chi connectivity index (χ3n) is 20.3. The van der Waals surface area contributed by atoms with E-state index in [2.05, 4.69) is 41.5 Å². The predicted molar refractivity (Wildman–Crippen MR) is 428 cm³/mol. The Balaban J connectivity index is 5.20. The number of aliphatic hydroxyl groups is 1. The maximum atomic E-state index is 13.1. The number of hydrogen-bond donors (Lipinski definition) is 3. The van der Waals surface area contributed by atoms with Gasteiger partial charge in [-0.05, 0) is 37.5 Å². The van der Waals surface area contributed by atoms with Crippen LogP contribution >= 0.6 is 15.6 Å². The van der Waals surface area contributed by atoms with Crippen LogP contribution in [0.4, 0.5) is 0 Å². The van der Waals surface area contributed by atoms with Crippen molar-refractivity contribution in [2.45, 2.75) is 471 Å². The van der Waals surface area contributed by atoms with Crippen molar-refractivity contribution in [3.8, 4) is 0 Å². The van der Waals surface area contributed by atoms with Crippen molar-refractivity contribution in [3.63, 3.8) is 0 Å². The summed E-state index contributed by atoms with van der Waals surface area (Å²) in [5.74, 6) is -0.469. The van der Waals surface area contributed by atoms with E-state index in [-0.39, 0.29) is 25.7 Å². The second kappa shape index (κ2) is 76.4. The molecule has 0 rings (SSSR count). The molecule has 104 heavy (non-hydrogen) atoms. The van der Waals surface area contributed by atoms with E-state index in [9.17, 15) is 43.2 Å². The number of rotatable bonds is 84. The molecule has 0 aliphatic rings. The van der Waals surface area contributed by atoms with Crippen LogP contribution in [-0.4, -0.2) is 96.7 Å². The minimum absolute atomic E-state index is 0.107. The number of phosphoric ester groups is 2. The molecule has 0 aromatic rings. The molecule has 0 aromatic heterocycles. The number of phosphoric acid groups is 2. The Morgan fingerprint density at radius 2 is 0.490 bits per heavy atom. The first kappa shape index (κ1) is 102. The molecule has 0 aliphatic heterocycles. The zero-order valence-electron chi connectivity index (χ0n) is 68.3. The number of carbonyl (C=O) groups is 4. The lowest BCUT2D eigenvalue weighted by Crippen LogP contribution is -2.30. The van der Waals surface area contributed by atoms with Gasteiger partial charge in [-0.3, -0.25) is 37.3 Å². The summed E-state index contributed by atoms with van der Waals surface area (Å²) in [6.07, 6.45) is 68.1. The standard InChI is InChI=1S/C85H166O17P2/c1-7-10-12-14-16-18-19-20-21-22-23-27-30-33-38-44-50-56-62-68-83(88)96-74-81(102-84(89)69-63-57-51-45-39-34-31-28-25-24-26-29-32-37-43-48-54-60-66-78(6)9-3)76-100-104(93,94)98-72-79(86)71-97-103(91,92)99-75-80(73-95-82(87)67-61-55-49-41-17-15-13-11-8-2)101-85(90)70-64-58-52-46-40-35-36-42-47-53-59-65-77(4)5/h77-81,86H,7-76H2,1-6H3,(H,91,92)(H,93,94)/t78?,79-,80+,81+/m0/s1. The number of carbonyl (C=O) groups excluding carboxylic acids is 4. The molecule has 6 atom stereocenters. The molecule has 3 unspecified atom stereocenters. The first-order valence-corrected chi connectivity index (χ1v) is 47.0. The van der Waals surface area contributed by atoms with Crippen LogP contribution < -0.4 is 0 Å². The maximum absolute atomic E-state index is 13.1. The minimum Gasteiger partial charge on any atom is -0.462 e. The summed E-state index contributed by atoms with van der Waals surface area (Å²) in [5, 5.41) is 10.7. The topological polar surface area (TPSA) is 237 Å². The highest BCUT2D eigenvalue weighted by Crippen LogP contribution is 2.45. The van der Waals surface area contributed by atoms with E-state index in [1.54, 1.807) is 0 Å². The van der Waals surface area contributed by atoms with Crippen LogP contribution in [0.5, 0.6) is 0 Å². The Morgan fingerprint density at radius 3 is 0.731 bits per heavy atom. The van der Waals surface area contributed by atoms with Crippen LogP contribution in [0, 0.1) is 11.8 Å². The minimum atomic E-state index is -4.96. The van der Waals surface area contributed by atoms with E-state index < -0.39 is 97.5 Å². The summed E-state index contributed by atoms with van der Waals surface area (Å²) in [4.78, 5) is 73.1. The van der Waals surface area contributed by atoms with Crippen LogP contribution in [0.1, 0.15) is 452 Å². The van der Waals surface area contributed by atoms with Crippen LogP contribution in [0.3, 0.4) is 0 Å². The van der Waals surface area contributed by atoms with Crippen molar-refractivity contribution < 1.29 is 80.2 Å². The molecule has 3 N–H and O–H groups in total. The number of esters is 4. The lowest BCUT2D eigenvalue weighted by atomic mass is 9.99. The van der Waals surface area contributed by atoms with E-state index in [1.807, 2.05) is 0 Å². The molecular weight excluding hydrogens is 1350 g/mol. The highest BCUT2D eigenvalue weighted by atomic mass is 31.2. The molecule has 0 saturated carbocycles. The largest absolute Gasteiger partial charge is 0.472 e. The molecule has 0 aliphatic carbocycles. The zero-order chi connectivity index (χ0) is 76.4. The first-order chi connectivity index (χ1) is 50.4. The summed E-state index contributed by atoms with van der Waals surface area (Å²) in [6, 6.07) is 0. The summed E-state index contributed by atoms with van der Waals surface area (Å²) in [5.41, 5.74) is 0. The molecule has 0 saturated heterocycles. The summed E-state index contributed by atoms with van der Waals surface area (Å²) in [6.45, 7) is 9.71.